The summed E-state index contributed by atoms with van der Waals surface area (Å²) in [6, 6.07) is 9.24. The quantitative estimate of drug-likeness (QED) is 0.630. The number of nitrogens with one attached hydrogen (secondary N) is 2. The smallest absolute Gasteiger partial charge is 0.251 e. The Bertz CT molecular complexity index is 725. The van der Waals surface area contributed by atoms with E-state index >= 15 is 0 Å². The number of benzene rings is 1. The molecule has 1 amide bonds. The summed E-state index contributed by atoms with van der Waals surface area (Å²) in [5.74, 6) is -0.0918. The Morgan fingerprint density at radius 2 is 2.00 bits per heavy atom. The summed E-state index contributed by atoms with van der Waals surface area (Å²) in [7, 11) is 0. The Labute approximate surface area is 139 Å². The summed E-state index contributed by atoms with van der Waals surface area (Å²) < 4.78 is 0. The van der Waals surface area contributed by atoms with Gasteiger partial charge in [0.1, 0.15) is 0 Å². The van der Waals surface area contributed by atoms with Crippen molar-refractivity contribution in [2.24, 2.45) is 0 Å². The number of rotatable bonds is 6. The summed E-state index contributed by atoms with van der Waals surface area (Å²) in [5, 5.41) is 3.07. The van der Waals surface area contributed by atoms with Gasteiger partial charge in [0, 0.05) is 17.4 Å². The van der Waals surface area contributed by atoms with Crippen LogP contribution in [0.4, 0.5) is 5.69 Å². The molecule has 2 N–H and O–H groups in total. The molecule has 0 aliphatic carbocycles. The van der Waals surface area contributed by atoms with Crippen LogP contribution in [-0.2, 0) is 11.2 Å². The fourth-order valence-corrected chi connectivity index (χ4v) is 3.07. The highest BCUT2D eigenvalue weighted by Crippen LogP contribution is 2.23. The predicted octanol–water partition coefficient (Wildman–Crippen LogP) is 3.15. The molecule has 1 heterocycles. The normalized spacial score (nSPS) is 12.0. The van der Waals surface area contributed by atoms with E-state index in [1.54, 1.807) is 6.92 Å². The Kier molecular flexibility index (Phi) is 5.98. The molecule has 0 saturated heterocycles. The molecule has 1 aromatic carbocycles. The standard InChI is InChI=1S/C17H21N3O2S/c1-4-12-6-8-13(9-7-12)19-16(22)14(5-2)23-17-18-11(3)10-15(21)20-17/h6-10,14H,4-5H2,1-3H3,(H,19,22)(H,18,20,21). The zero-order valence-corrected chi connectivity index (χ0v) is 14.4. The second-order valence-electron chi connectivity index (χ2n) is 5.25. The molecule has 0 aliphatic rings. The van der Waals surface area contributed by atoms with Gasteiger partial charge in [0.25, 0.3) is 5.56 Å². The van der Waals surface area contributed by atoms with Gasteiger partial charge in [-0.1, -0.05) is 37.7 Å². The van der Waals surface area contributed by atoms with E-state index in [9.17, 15) is 9.59 Å². The summed E-state index contributed by atoms with van der Waals surface area (Å²) >= 11 is 1.27. The van der Waals surface area contributed by atoms with Gasteiger partial charge in [0.15, 0.2) is 5.16 Å². The van der Waals surface area contributed by atoms with Gasteiger partial charge in [-0.05, 0) is 37.5 Å². The molecule has 0 spiro atoms. The van der Waals surface area contributed by atoms with Crippen LogP contribution in [0.3, 0.4) is 0 Å². The molecule has 0 radical (unpaired) electrons. The summed E-state index contributed by atoms with van der Waals surface area (Å²) in [6.45, 7) is 5.79. The lowest BCUT2D eigenvalue weighted by atomic mass is 10.1. The SMILES string of the molecule is CCc1ccc(NC(=O)C(CC)Sc2nc(C)cc(=O)[nH]2)cc1. The first-order chi connectivity index (χ1) is 11.0. The first kappa shape index (κ1) is 17.3. The Morgan fingerprint density at radius 1 is 1.30 bits per heavy atom. The Morgan fingerprint density at radius 3 is 2.57 bits per heavy atom. The zero-order chi connectivity index (χ0) is 16.8. The van der Waals surface area contributed by atoms with Crippen molar-refractivity contribution in [3.05, 3.63) is 51.9 Å². The number of aromatic nitrogens is 2. The van der Waals surface area contributed by atoms with Gasteiger partial charge in [-0.3, -0.25) is 9.59 Å². The molecule has 0 saturated carbocycles. The van der Waals surface area contributed by atoms with Crippen molar-refractivity contribution < 1.29 is 4.79 Å². The molecule has 0 aliphatic heterocycles. The van der Waals surface area contributed by atoms with Gasteiger partial charge in [0.05, 0.1) is 5.25 Å². The van der Waals surface area contributed by atoms with E-state index in [0.717, 1.165) is 12.1 Å². The third-order valence-electron chi connectivity index (χ3n) is 3.39. The minimum absolute atomic E-state index is 0.0918. The zero-order valence-electron chi connectivity index (χ0n) is 13.6. The lowest BCUT2D eigenvalue weighted by Crippen LogP contribution is -2.25. The van der Waals surface area contributed by atoms with E-state index in [2.05, 4.69) is 22.2 Å². The van der Waals surface area contributed by atoms with Crippen LogP contribution in [0.25, 0.3) is 0 Å². The molecule has 2 aromatic rings. The number of nitrogens with zero attached hydrogens (tertiary/aromatic N) is 1. The fourth-order valence-electron chi connectivity index (χ4n) is 2.11. The van der Waals surface area contributed by atoms with Crippen molar-refractivity contribution in [1.82, 2.24) is 9.97 Å². The van der Waals surface area contributed by atoms with Crippen molar-refractivity contribution in [3.63, 3.8) is 0 Å². The minimum Gasteiger partial charge on any atom is -0.325 e. The highest BCUT2D eigenvalue weighted by molar-refractivity contribution is 8.00. The largest absolute Gasteiger partial charge is 0.325 e. The monoisotopic (exact) mass is 331 g/mol. The van der Waals surface area contributed by atoms with Crippen molar-refractivity contribution in [3.8, 4) is 0 Å². The molecular weight excluding hydrogens is 310 g/mol. The molecule has 5 nitrogen and oxygen atoms in total. The highest BCUT2D eigenvalue weighted by Gasteiger charge is 2.19. The number of carbonyl (C=O) groups excluding carboxylic acids is 1. The van der Waals surface area contributed by atoms with E-state index in [0.29, 0.717) is 17.3 Å². The van der Waals surface area contributed by atoms with Gasteiger partial charge in [-0.25, -0.2) is 4.98 Å². The van der Waals surface area contributed by atoms with Gasteiger partial charge in [0.2, 0.25) is 5.91 Å². The second-order valence-corrected chi connectivity index (χ2v) is 6.44. The predicted molar refractivity (Wildman–Crippen MR) is 94.0 cm³/mol. The number of hydrogen-bond donors (Lipinski definition) is 2. The highest BCUT2D eigenvalue weighted by atomic mass is 32.2. The Hall–Kier alpha value is -2.08. The third kappa shape index (κ3) is 4.96. The van der Waals surface area contributed by atoms with Gasteiger partial charge in [-0.15, -0.1) is 0 Å². The van der Waals surface area contributed by atoms with Crippen LogP contribution in [0.1, 0.15) is 31.5 Å². The molecule has 6 heteroatoms. The number of aromatic amines is 1. The van der Waals surface area contributed by atoms with Gasteiger partial charge < -0.3 is 10.3 Å². The van der Waals surface area contributed by atoms with Crippen molar-refractivity contribution in [2.75, 3.05) is 5.32 Å². The summed E-state index contributed by atoms with van der Waals surface area (Å²) in [6.07, 6.45) is 1.61. The molecule has 0 fully saturated rings. The van der Waals surface area contributed by atoms with Crippen LogP contribution in [-0.4, -0.2) is 21.1 Å². The van der Waals surface area contributed by atoms with E-state index < -0.39 is 0 Å². The van der Waals surface area contributed by atoms with Crippen molar-refractivity contribution in [2.45, 2.75) is 44.0 Å². The van der Waals surface area contributed by atoms with E-state index in [1.165, 1.54) is 23.4 Å². The van der Waals surface area contributed by atoms with Crippen LogP contribution < -0.4 is 10.9 Å². The van der Waals surface area contributed by atoms with Crippen LogP contribution in [0.15, 0.2) is 40.3 Å². The first-order valence-corrected chi connectivity index (χ1v) is 8.54. The Balaban J connectivity index is 2.06. The maximum atomic E-state index is 12.4. The van der Waals surface area contributed by atoms with E-state index in [-0.39, 0.29) is 16.7 Å². The van der Waals surface area contributed by atoms with Crippen molar-refractivity contribution >= 4 is 23.4 Å². The molecule has 122 valence electrons. The first-order valence-electron chi connectivity index (χ1n) is 7.66. The van der Waals surface area contributed by atoms with Crippen LogP contribution >= 0.6 is 11.8 Å². The second kappa shape index (κ2) is 7.97. The van der Waals surface area contributed by atoms with E-state index in [1.807, 2.05) is 31.2 Å². The number of H-pyrrole nitrogens is 1. The molecule has 1 aromatic heterocycles. The topological polar surface area (TPSA) is 74.8 Å². The van der Waals surface area contributed by atoms with Crippen molar-refractivity contribution in [1.29, 1.82) is 0 Å². The number of anilines is 1. The molecule has 1 atom stereocenters. The maximum Gasteiger partial charge on any atom is 0.251 e. The van der Waals surface area contributed by atoms with E-state index in [4.69, 9.17) is 0 Å². The summed E-state index contributed by atoms with van der Waals surface area (Å²) in [4.78, 5) is 30.8. The lowest BCUT2D eigenvalue weighted by molar-refractivity contribution is -0.115. The van der Waals surface area contributed by atoms with Gasteiger partial charge in [-0.2, -0.15) is 0 Å². The number of amides is 1. The average molecular weight is 331 g/mol. The number of thioether (sulfide) groups is 1. The molecular formula is C17H21N3O2S. The molecule has 23 heavy (non-hydrogen) atoms. The van der Waals surface area contributed by atoms with Gasteiger partial charge >= 0.3 is 0 Å². The third-order valence-corrected chi connectivity index (χ3v) is 4.64. The number of aryl methyl sites for hydroxylation is 2. The lowest BCUT2D eigenvalue weighted by Gasteiger charge is -2.14. The van der Waals surface area contributed by atoms with Crippen LogP contribution in [0, 0.1) is 6.92 Å². The van der Waals surface area contributed by atoms with Crippen LogP contribution in [0.2, 0.25) is 0 Å². The van der Waals surface area contributed by atoms with Crippen LogP contribution in [0.5, 0.6) is 0 Å². The average Bonchev–Trinajstić information content (AvgIpc) is 2.52. The number of hydrogen-bond acceptors (Lipinski definition) is 4. The summed E-state index contributed by atoms with van der Waals surface area (Å²) in [5.41, 5.74) is 2.44. The molecule has 0 bridgehead atoms. The minimum atomic E-state index is -0.314. The molecule has 2 rings (SSSR count). The molecule has 1 unspecified atom stereocenters. The maximum absolute atomic E-state index is 12.4. The fraction of sp³-hybridized carbons (Fsp3) is 0.353. The number of carbonyl (C=O) groups is 1.